The molecule has 0 radical (unpaired) electrons. The third-order valence-electron chi connectivity index (χ3n) is 3.95. The van der Waals surface area contributed by atoms with Gasteiger partial charge in [0, 0.05) is 24.7 Å². The van der Waals surface area contributed by atoms with Gasteiger partial charge in [-0.1, -0.05) is 30.0 Å². The van der Waals surface area contributed by atoms with Crippen LogP contribution < -0.4 is 10.2 Å². The predicted octanol–water partition coefficient (Wildman–Crippen LogP) is 2.69. The van der Waals surface area contributed by atoms with Crippen molar-refractivity contribution in [3.05, 3.63) is 70.4 Å². The lowest BCUT2D eigenvalue weighted by atomic mass is 10.2. The molecule has 0 unspecified atom stereocenters. The smallest absolute Gasteiger partial charge is 0.341 e. The van der Waals surface area contributed by atoms with Gasteiger partial charge in [0.15, 0.2) is 10.9 Å². The second-order valence-electron chi connectivity index (χ2n) is 5.81. The van der Waals surface area contributed by atoms with Gasteiger partial charge in [-0.2, -0.15) is 0 Å². The molecule has 1 N–H and O–H groups in total. The van der Waals surface area contributed by atoms with Gasteiger partial charge in [-0.25, -0.2) is 9.78 Å². The molecule has 3 heterocycles. The Labute approximate surface area is 152 Å². The standard InChI is InChI=1S/C18H15N3O4S/c22-16-14(17(23)24)10-20(8-12-9-21-6-7-26-18(21)19-12)11-15(16)25-13-4-2-1-3-5-13/h1-5,9-11H,6-8H2,(H,23,24). The fraction of sp³-hybridized carbons (Fsp3) is 0.167. The van der Waals surface area contributed by atoms with Crippen LogP contribution in [0.3, 0.4) is 0 Å². The SMILES string of the molecule is O=C(O)c1cn(Cc2cn3c(n2)SCC3)cc(Oc2ccccc2)c1=O. The third kappa shape index (κ3) is 3.23. The van der Waals surface area contributed by atoms with Crippen LogP contribution in [0.15, 0.2) is 58.9 Å². The number of aryl methyl sites for hydroxylation is 1. The van der Waals surface area contributed by atoms with E-state index in [4.69, 9.17) is 4.74 Å². The Morgan fingerprint density at radius 2 is 2.04 bits per heavy atom. The summed E-state index contributed by atoms with van der Waals surface area (Å²) in [6.45, 7) is 1.27. The van der Waals surface area contributed by atoms with Gasteiger partial charge < -0.3 is 19.0 Å². The fourth-order valence-electron chi connectivity index (χ4n) is 2.76. The molecule has 2 aromatic heterocycles. The van der Waals surface area contributed by atoms with Gasteiger partial charge in [-0.15, -0.1) is 0 Å². The second-order valence-corrected chi connectivity index (χ2v) is 6.88. The summed E-state index contributed by atoms with van der Waals surface area (Å²) < 4.78 is 9.30. The largest absolute Gasteiger partial charge is 0.477 e. The first-order valence-corrected chi connectivity index (χ1v) is 8.98. The van der Waals surface area contributed by atoms with Crippen molar-refractivity contribution < 1.29 is 14.6 Å². The number of aromatic carboxylic acids is 1. The second kappa shape index (κ2) is 6.72. The highest BCUT2D eigenvalue weighted by Gasteiger charge is 2.18. The Morgan fingerprint density at radius 3 is 2.77 bits per heavy atom. The molecule has 0 bridgehead atoms. The molecule has 132 valence electrons. The number of nitrogens with zero attached hydrogens (tertiary/aromatic N) is 3. The number of benzene rings is 1. The highest BCUT2D eigenvalue weighted by atomic mass is 32.2. The molecule has 3 aromatic rings. The molecule has 0 atom stereocenters. The normalized spacial score (nSPS) is 12.8. The van der Waals surface area contributed by atoms with E-state index >= 15 is 0 Å². The highest BCUT2D eigenvalue weighted by Crippen LogP contribution is 2.25. The van der Waals surface area contributed by atoms with Crippen molar-refractivity contribution in [2.75, 3.05) is 5.75 Å². The number of rotatable bonds is 5. The van der Waals surface area contributed by atoms with E-state index in [1.807, 2.05) is 12.3 Å². The van der Waals surface area contributed by atoms with Crippen molar-refractivity contribution in [3.8, 4) is 11.5 Å². The summed E-state index contributed by atoms with van der Waals surface area (Å²) in [6.07, 6.45) is 4.78. The Kier molecular flexibility index (Phi) is 4.26. The van der Waals surface area contributed by atoms with Crippen molar-refractivity contribution in [1.29, 1.82) is 0 Å². The molecular weight excluding hydrogens is 354 g/mol. The van der Waals surface area contributed by atoms with Gasteiger partial charge >= 0.3 is 5.97 Å². The van der Waals surface area contributed by atoms with Gasteiger partial charge in [0.25, 0.3) is 0 Å². The van der Waals surface area contributed by atoms with Crippen LogP contribution in [0.1, 0.15) is 16.1 Å². The number of carboxylic acid groups (broad SMARTS) is 1. The van der Waals surface area contributed by atoms with Crippen molar-refractivity contribution in [2.45, 2.75) is 18.2 Å². The quantitative estimate of drug-likeness (QED) is 0.744. The van der Waals surface area contributed by atoms with Crippen LogP contribution in [0.25, 0.3) is 0 Å². The first kappa shape index (κ1) is 16.5. The summed E-state index contributed by atoms with van der Waals surface area (Å²) in [5.41, 5.74) is -0.183. The van der Waals surface area contributed by atoms with E-state index in [0.29, 0.717) is 12.3 Å². The van der Waals surface area contributed by atoms with Gasteiger partial charge in [-0.05, 0) is 12.1 Å². The van der Waals surface area contributed by atoms with Crippen LogP contribution in [0.4, 0.5) is 0 Å². The van der Waals surface area contributed by atoms with Gasteiger partial charge in [-0.3, -0.25) is 4.79 Å². The summed E-state index contributed by atoms with van der Waals surface area (Å²) in [6, 6.07) is 8.79. The van der Waals surface area contributed by atoms with Crippen LogP contribution in [0.2, 0.25) is 0 Å². The number of carboxylic acids is 1. The number of hydrogen-bond acceptors (Lipinski definition) is 5. The molecule has 1 aliphatic rings. The molecule has 0 spiro atoms. The molecule has 0 fully saturated rings. The van der Waals surface area contributed by atoms with Crippen molar-refractivity contribution in [2.24, 2.45) is 0 Å². The van der Waals surface area contributed by atoms with E-state index < -0.39 is 11.4 Å². The van der Waals surface area contributed by atoms with E-state index in [0.717, 1.165) is 23.1 Å². The average Bonchev–Trinajstić information content (AvgIpc) is 3.20. The van der Waals surface area contributed by atoms with E-state index in [-0.39, 0.29) is 11.3 Å². The molecule has 7 nitrogen and oxygen atoms in total. The van der Waals surface area contributed by atoms with Crippen LogP contribution >= 0.6 is 11.8 Å². The van der Waals surface area contributed by atoms with Crippen LogP contribution in [0.5, 0.6) is 11.5 Å². The first-order chi connectivity index (χ1) is 12.6. The lowest BCUT2D eigenvalue weighted by Crippen LogP contribution is -2.19. The molecule has 1 aliphatic heterocycles. The van der Waals surface area contributed by atoms with Gasteiger partial charge in [0.1, 0.15) is 11.3 Å². The number of ether oxygens (including phenoxy) is 1. The molecular formula is C18H15N3O4S. The first-order valence-electron chi connectivity index (χ1n) is 7.99. The third-order valence-corrected chi connectivity index (χ3v) is 4.92. The van der Waals surface area contributed by atoms with Crippen LogP contribution in [-0.2, 0) is 13.1 Å². The number of carbonyl (C=O) groups is 1. The molecule has 26 heavy (non-hydrogen) atoms. The average molecular weight is 369 g/mol. The van der Waals surface area contributed by atoms with Crippen molar-refractivity contribution in [1.82, 2.24) is 14.1 Å². The Bertz CT molecular complexity index is 1010. The lowest BCUT2D eigenvalue weighted by molar-refractivity contribution is 0.0694. The van der Waals surface area contributed by atoms with Crippen LogP contribution in [-0.4, -0.2) is 30.9 Å². The van der Waals surface area contributed by atoms with E-state index in [2.05, 4.69) is 9.55 Å². The monoisotopic (exact) mass is 369 g/mol. The summed E-state index contributed by atoms with van der Waals surface area (Å²) in [5, 5.41) is 10.3. The van der Waals surface area contributed by atoms with Crippen LogP contribution in [0, 0.1) is 0 Å². The predicted molar refractivity (Wildman–Crippen MR) is 96.2 cm³/mol. The maximum atomic E-state index is 12.4. The summed E-state index contributed by atoms with van der Waals surface area (Å²) in [4.78, 5) is 28.4. The molecule has 8 heteroatoms. The number of imidazole rings is 1. The Morgan fingerprint density at radius 1 is 1.23 bits per heavy atom. The lowest BCUT2D eigenvalue weighted by Gasteiger charge is -2.10. The van der Waals surface area contributed by atoms with Crippen molar-refractivity contribution >= 4 is 17.7 Å². The molecule has 0 saturated carbocycles. The molecule has 1 aromatic carbocycles. The highest BCUT2D eigenvalue weighted by molar-refractivity contribution is 7.99. The summed E-state index contributed by atoms with van der Waals surface area (Å²) in [7, 11) is 0. The van der Waals surface area contributed by atoms with E-state index in [9.17, 15) is 14.7 Å². The minimum Gasteiger partial charge on any atom is -0.477 e. The number of para-hydroxylation sites is 1. The number of hydrogen-bond donors (Lipinski definition) is 1. The zero-order valence-corrected chi connectivity index (χ0v) is 14.5. The molecule has 0 amide bonds. The van der Waals surface area contributed by atoms with Gasteiger partial charge in [0.05, 0.1) is 18.4 Å². The number of pyridine rings is 1. The van der Waals surface area contributed by atoms with Gasteiger partial charge in [0.2, 0.25) is 5.43 Å². The van der Waals surface area contributed by atoms with Crippen molar-refractivity contribution in [3.63, 3.8) is 0 Å². The minimum absolute atomic E-state index is 0.0303. The maximum Gasteiger partial charge on any atom is 0.341 e. The molecule has 0 saturated heterocycles. The summed E-state index contributed by atoms with van der Waals surface area (Å²) in [5.74, 6) is 0.164. The number of thioether (sulfide) groups is 1. The maximum absolute atomic E-state index is 12.4. The zero-order chi connectivity index (χ0) is 18.1. The topological polar surface area (TPSA) is 86.3 Å². The Balaban J connectivity index is 1.69. The zero-order valence-electron chi connectivity index (χ0n) is 13.7. The minimum atomic E-state index is -1.29. The number of fused-ring (bicyclic) bond motifs is 1. The molecule has 4 rings (SSSR count). The summed E-state index contributed by atoms with van der Waals surface area (Å²) >= 11 is 1.69. The molecule has 0 aliphatic carbocycles. The fourth-order valence-corrected chi connectivity index (χ4v) is 3.72. The van der Waals surface area contributed by atoms with E-state index in [1.54, 1.807) is 40.6 Å². The van der Waals surface area contributed by atoms with E-state index in [1.165, 1.54) is 12.4 Å². The Hall–Kier alpha value is -3.00. The number of aromatic nitrogens is 3.